The molecule has 0 unspecified atom stereocenters. The highest BCUT2D eigenvalue weighted by molar-refractivity contribution is 7.19. The topological polar surface area (TPSA) is 81.4 Å². The van der Waals surface area contributed by atoms with Crippen LogP contribution >= 0.6 is 11.3 Å². The van der Waals surface area contributed by atoms with Gasteiger partial charge in [0, 0.05) is 13.0 Å². The van der Waals surface area contributed by atoms with Crippen LogP contribution in [0.25, 0.3) is 0 Å². The number of nitrogens with one attached hydrogen (secondary N) is 1. The summed E-state index contributed by atoms with van der Waals surface area (Å²) in [7, 11) is 0. The summed E-state index contributed by atoms with van der Waals surface area (Å²) in [6, 6.07) is 0. The Morgan fingerprint density at radius 3 is 2.68 bits per heavy atom. The largest absolute Gasteiger partial charge is 0.462 e. The summed E-state index contributed by atoms with van der Waals surface area (Å²) in [5.74, 6) is -0.599. The van der Waals surface area contributed by atoms with Crippen molar-refractivity contribution in [1.29, 1.82) is 0 Å². The van der Waals surface area contributed by atoms with Gasteiger partial charge in [-0.05, 0) is 6.92 Å². The van der Waals surface area contributed by atoms with Gasteiger partial charge in [-0.2, -0.15) is 0 Å². The van der Waals surface area contributed by atoms with Crippen LogP contribution in [0.15, 0.2) is 12.7 Å². The molecule has 0 spiro atoms. The molecule has 0 aliphatic rings. The van der Waals surface area contributed by atoms with Gasteiger partial charge >= 0.3 is 5.97 Å². The summed E-state index contributed by atoms with van der Waals surface area (Å²) < 4.78 is 4.97. The zero-order chi connectivity index (χ0) is 14.4. The SMILES string of the molecule is C=CCNc1sc(C(=O)CC)c(N)c1C(=O)OCC. The van der Waals surface area contributed by atoms with Crippen LogP contribution in [0, 0.1) is 0 Å². The number of hydrogen-bond donors (Lipinski definition) is 2. The lowest BCUT2D eigenvalue weighted by Gasteiger charge is -2.05. The Balaban J connectivity index is 3.22. The Morgan fingerprint density at radius 2 is 2.16 bits per heavy atom. The van der Waals surface area contributed by atoms with Crippen molar-refractivity contribution in [3.05, 3.63) is 23.1 Å². The molecule has 104 valence electrons. The van der Waals surface area contributed by atoms with Gasteiger partial charge in [0.1, 0.15) is 10.6 Å². The first-order valence-corrected chi connectivity index (χ1v) is 6.85. The second-order valence-electron chi connectivity index (χ2n) is 3.72. The maximum atomic E-state index is 11.9. The van der Waals surface area contributed by atoms with Gasteiger partial charge in [-0.1, -0.05) is 13.0 Å². The molecule has 0 aliphatic heterocycles. The van der Waals surface area contributed by atoms with E-state index in [-0.39, 0.29) is 23.6 Å². The van der Waals surface area contributed by atoms with E-state index in [1.54, 1.807) is 19.9 Å². The van der Waals surface area contributed by atoms with E-state index in [1.165, 1.54) is 11.3 Å². The Hall–Kier alpha value is -1.82. The summed E-state index contributed by atoms with van der Waals surface area (Å²) >= 11 is 1.18. The number of esters is 1. The lowest BCUT2D eigenvalue weighted by atomic mass is 10.2. The smallest absolute Gasteiger partial charge is 0.343 e. The minimum atomic E-state index is -0.516. The number of nitrogen functional groups attached to an aromatic ring is 1. The Bertz CT molecular complexity index is 494. The Morgan fingerprint density at radius 1 is 1.47 bits per heavy atom. The molecule has 6 heteroatoms. The van der Waals surface area contributed by atoms with Gasteiger partial charge in [0.25, 0.3) is 0 Å². The van der Waals surface area contributed by atoms with Crippen LogP contribution in [0.5, 0.6) is 0 Å². The number of nitrogens with two attached hydrogens (primary N) is 1. The molecule has 19 heavy (non-hydrogen) atoms. The number of thiophene rings is 1. The van der Waals surface area contributed by atoms with Gasteiger partial charge in [0.05, 0.1) is 17.2 Å². The fourth-order valence-electron chi connectivity index (χ4n) is 1.51. The van der Waals surface area contributed by atoms with Crippen molar-refractivity contribution >= 4 is 33.8 Å². The third-order valence-corrected chi connectivity index (χ3v) is 3.61. The molecule has 0 atom stereocenters. The molecule has 0 aromatic carbocycles. The molecule has 5 nitrogen and oxygen atoms in total. The van der Waals surface area contributed by atoms with Crippen LogP contribution in [0.3, 0.4) is 0 Å². The monoisotopic (exact) mass is 282 g/mol. The molecule has 0 bridgehead atoms. The standard InChI is InChI=1S/C13H18N2O3S/c1-4-7-15-12-9(13(17)18-6-3)10(14)11(19-12)8(16)5-2/h4,15H,1,5-7,14H2,2-3H3. The third-order valence-electron chi connectivity index (χ3n) is 2.41. The number of anilines is 2. The van der Waals surface area contributed by atoms with Crippen LogP contribution in [0.2, 0.25) is 0 Å². The predicted octanol–water partition coefficient (Wildman–Crippen LogP) is 2.70. The van der Waals surface area contributed by atoms with E-state index in [2.05, 4.69) is 11.9 Å². The quantitative estimate of drug-likeness (QED) is 0.456. The summed E-state index contributed by atoms with van der Waals surface area (Å²) in [6.07, 6.45) is 2.00. The summed E-state index contributed by atoms with van der Waals surface area (Å²) in [4.78, 5) is 24.1. The van der Waals surface area contributed by atoms with Crippen LogP contribution in [-0.2, 0) is 4.74 Å². The average Bonchev–Trinajstić information content (AvgIpc) is 2.72. The highest BCUT2D eigenvalue weighted by Crippen LogP contribution is 2.37. The molecule has 0 fully saturated rings. The predicted molar refractivity (Wildman–Crippen MR) is 78.0 cm³/mol. The molecule has 1 rings (SSSR count). The number of carbonyl (C=O) groups excluding carboxylic acids is 2. The minimum Gasteiger partial charge on any atom is -0.462 e. The number of hydrogen-bond acceptors (Lipinski definition) is 6. The Labute approximate surface area is 116 Å². The van der Waals surface area contributed by atoms with Crippen LogP contribution < -0.4 is 11.1 Å². The third kappa shape index (κ3) is 3.35. The first-order valence-electron chi connectivity index (χ1n) is 6.04. The zero-order valence-electron chi connectivity index (χ0n) is 11.1. The maximum Gasteiger partial charge on any atom is 0.343 e. The summed E-state index contributed by atoms with van der Waals surface area (Å²) in [5, 5.41) is 3.56. The van der Waals surface area contributed by atoms with E-state index < -0.39 is 5.97 Å². The van der Waals surface area contributed by atoms with E-state index in [9.17, 15) is 9.59 Å². The number of ether oxygens (including phenoxy) is 1. The van der Waals surface area contributed by atoms with Crippen LogP contribution in [0.4, 0.5) is 10.7 Å². The minimum absolute atomic E-state index is 0.0836. The van der Waals surface area contributed by atoms with E-state index in [0.29, 0.717) is 22.8 Å². The highest BCUT2D eigenvalue weighted by Gasteiger charge is 2.25. The molecule has 1 heterocycles. The van der Waals surface area contributed by atoms with E-state index in [1.807, 2.05) is 0 Å². The average molecular weight is 282 g/mol. The number of ketones is 1. The summed E-state index contributed by atoms with van der Waals surface area (Å²) in [5.41, 5.74) is 6.34. The fraction of sp³-hybridized carbons (Fsp3) is 0.385. The van der Waals surface area contributed by atoms with E-state index >= 15 is 0 Å². The second-order valence-corrected chi connectivity index (χ2v) is 4.74. The van der Waals surface area contributed by atoms with Gasteiger partial charge in [0.15, 0.2) is 5.78 Å². The van der Waals surface area contributed by atoms with Crippen molar-refractivity contribution in [3.63, 3.8) is 0 Å². The molecule has 3 N–H and O–H groups in total. The van der Waals surface area contributed by atoms with Crippen molar-refractivity contribution in [1.82, 2.24) is 0 Å². The molecule has 0 saturated carbocycles. The number of rotatable bonds is 7. The lowest BCUT2D eigenvalue weighted by Crippen LogP contribution is -2.10. The molecular formula is C13H18N2O3S. The first kappa shape index (κ1) is 15.2. The van der Waals surface area contributed by atoms with Gasteiger partial charge in [-0.3, -0.25) is 4.79 Å². The second kappa shape index (κ2) is 6.94. The van der Waals surface area contributed by atoms with Crippen molar-refractivity contribution < 1.29 is 14.3 Å². The normalized spacial score (nSPS) is 10.0. The van der Waals surface area contributed by atoms with Gasteiger partial charge < -0.3 is 15.8 Å². The van der Waals surface area contributed by atoms with Crippen LogP contribution in [0.1, 0.15) is 40.3 Å². The lowest BCUT2D eigenvalue weighted by molar-refractivity contribution is 0.0529. The highest BCUT2D eigenvalue weighted by atomic mass is 32.1. The molecule has 0 amide bonds. The molecule has 0 saturated heterocycles. The van der Waals surface area contributed by atoms with Crippen molar-refractivity contribution in [2.45, 2.75) is 20.3 Å². The summed E-state index contributed by atoms with van der Waals surface area (Å²) in [6.45, 7) is 7.80. The number of Topliss-reactive ketones (excluding diaryl/α,β-unsaturated/α-hetero) is 1. The first-order chi connectivity index (χ1) is 9.06. The van der Waals surface area contributed by atoms with Gasteiger partial charge in [-0.25, -0.2) is 4.79 Å². The zero-order valence-corrected chi connectivity index (χ0v) is 11.9. The Kier molecular flexibility index (Phi) is 5.57. The fourth-order valence-corrected chi connectivity index (χ4v) is 2.63. The van der Waals surface area contributed by atoms with Gasteiger partial charge in [-0.15, -0.1) is 17.9 Å². The molecular weight excluding hydrogens is 264 g/mol. The maximum absolute atomic E-state index is 11.9. The molecule has 1 aromatic rings. The molecule has 0 aliphatic carbocycles. The van der Waals surface area contributed by atoms with E-state index in [4.69, 9.17) is 10.5 Å². The van der Waals surface area contributed by atoms with Crippen molar-refractivity contribution in [2.24, 2.45) is 0 Å². The van der Waals surface area contributed by atoms with Crippen molar-refractivity contribution in [2.75, 3.05) is 24.2 Å². The molecule has 0 radical (unpaired) electrons. The number of carbonyl (C=O) groups is 2. The molecule has 1 aromatic heterocycles. The van der Waals surface area contributed by atoms with Gasteiger partial charge in [0.2, 0.25) is 0 Å². The van der Waals surface area contributed by atoms with Crippen molar-refractivity contribution in [3.8, 4) is 0 Å². The van der Waals surface area contributed by atoms with E-state index in [0.717, 1.165) is 0 Å². The van der Waals surface area contributed by atoms with Crippen LogP contribution in [-0.4, -0.2) is 24.9 Å².